The van der Waals surface area contributed by atoms with E-state index in [-0.39, 0.29) is 5.97 Å². The van der Waals surface area contributed by atoms with Gasteiger partial charge in [0, 0.05) is 11.9 Å². The molecule has 1 aromatic carbocycles. The number of carbonyl (C=O) groups is 1. The third-order valence-corrected chi connectivity index (χ3v) is 5.18. The van der Waals surface area contributed by atoms with Crippen LogP contribution in [0.3, 0.4) is 0 Å². The first kappa shape index (κ1) is 23.1. The molecule has 4 heteroatoms. The van der Waals surface area contributed by atoms with Crippen LogP contribution in [-0.4, -0.2) is 19.2 Å². The van der Waals surface area contributed by atoms with Gasteiger partial charge in [-0.3, -0.25) is 0 Å². The summed E-state index contributed by atoms with van der Waals surface area (Å²) < 4.78 is 10.9. The van der Waals surface area contributed by atoms with Crippen LogP contribution in [-0.2, 0) is 9.47 Å². The van der Waals surface area contributed by atoms with Crippen LogP contribution in [0.4, 0.5) is 5.69 Å². The smallest absolute Gasteiger partial charge is 0.338 e. The lowest BCUT2D eigenvalue weighted by Crippen LogP contribution is -2.07. The molecule has 0 unspecified atom stereocenters. The van der Waals surface area contributed by atoms with Crippen molar-refractivity contribution in [2.75, 3.05) is 18.5 Å². The number of hydrogen-bond acceptors (Lipinski definition) is 4. The van der Waals surface area contributed by atoms with E-state index in [1.807, 2.05) is 25.3 Å². The second-order valence-corrected chi connectivity index (χ2v) is 7.80. The summed E-state index contributed by atoms with van der Waals surface area (Å²) in [5.41, 5.74) is 2.73. The molecule has 0 atom stereocenters. The van der Waals surface area contributed by atoms with E-state index in [0.717, 1.165) is 30.7 Å². The van der Waals surface area contributed by atoms with E-state index < -0.39 is 0 Å². The number of nitrogens with one attached hydrogen (secondary N) is 1. The number of hydrogen-bond donors (Lipinski definition) is 1. The summed E-state index contributed by atoms with van der Waals surface area (Å²) >= 11 is 0. The Hall–Kier alpha value is -2.23. The van der Waals surface area contributed by atoms with E-state index in [9.17, 15) is 4.79 Å². The normalized spacial score (nSPS) is 15.0. The van der Waals surface area contributed by atoms with Crippen molar-refractivity contribution in [2.24, 2.45) is 0 Å². The second-order valence-electron chi connectivity index (χ2n) is 7.80. The molecule has 0 saturated carbocycles. The second kappa shape index (κ2) is 13.9. The van der Waals surface area contributed by atoms with E-state index in [1.165, 1.54) is 50.5 Å². The third kappa shape index (κ3) is 9.69. The highest BCUT2D eigenvalue weighted by molar-refractivity contribution is 5.89. The fourth-order valence-corrected chi connectivity index (χ4v) is 3.25. The van der Waals surface area contributed by atoms with E-state index in [0.29, 0.717) is 18.8 Å². The molecule has 0 radical (unpaired) electrons. The molecule has 29 heavy (non-hydrogen) atoms. The summed E-state index contributed by atoms with van der Waals surface area (Å²) in [5.74, 6) is 0.739. The summed E-state index contributed by atoms with van der Waals surface area (Å²) in [4.78, 5) is 12.1. The number of anilines is 1. The average molecular weight is 400 g/mol. The summed E-state index contributed by atoms with van der Waals surface area (Å²) in [6.45, 7) is 5.35. The number of ether oxygens (including phenoxy) is 2. The molecule has 4 nitrogen and oxygen atoms in total. The SMILES string of the molecule is CCCCCCCCCCCOC(=O)c1ccc(NC=C2CC=C(C)OC2)cc1. The van der Waals surface area contributed by atoms with Crippen molar-refractivity contribution in [3.05, 3.63) is 53.4 Å². The highest BCUT2D eigenvalue weighted by Gasteiger charge is 2.07. The summed E-state index contributed by atoms with van der Waals surface area (Å²) in [7, 11) is 0. The summed E-state index contributed by atoms with van der Waals surface area (Å²) in [5, 5.41) is 3.26. The van der Waals surface area contributed by atoms with E-state index in [1.54, 1.807) is 12.1 Å². The zero-order chi connectivity index (χ0) is 20.7. The van der Waals surface area contributed by atoms with Crippen molar-refractivity contribution in [2.45, 2.75) is 78.1 Å². The van der Waals surface area contributed by atoms with Gasteiger partial charge in [-0.2, -0.15) is 0 Å². The Bertz CT molecular complexity index is 661. The lowest BCUT2D eigenvalue weighted by molar-refractivity contribution is 0.0497. The van der Waals surface area contributed by atoms with Gasteiger partial charge in [-0.1, -0.05) is 58.3 Å². The standard InChI is InChI=1S/C25H37NO3/c1-3-4-5-6-7-8-9-10-11-18-28-25(27)23-14-16-24(17-15-23)26-19-22-13-12-21(2)29-20-22/h12,14-17,19,26H,3-11,13,18,20H2,1-2H3. The van der Waals surface area contributed by atoms with Crippen molar-refractivity contribution in [1.82, 2.24) is 0 Å². The van der Waals surface area contributed by atoms with Gasteiger partial charge in [0.05, 0.1) is 17.9 Å². The predicted molar refractivity (Wildman–Crippen MR) is 120 cm³/mol. The fourth-order valence-electron chi connectivity index (χ4n) is 3.25. The molecule has 0 fully saturated rings. The minimum absolute atomic E-state index is 0.240. The molecule has 1 N–H and O–H groups in total. The van der Waals surface area contributed by atoms with Crippen LogP contribution >= 0.6 is 0 Å². The quantitative estimate of drug-likeness (QED) is 0.287. The van der Waals surface area contributed by atoms with Gasteiger partial charge in [-0.25, -0.2) is 4.79 Å². The molecule has 1 aliphatic heterocycles. The van der Waals surface area contributed by atoms with Crippen LogP contribution < -0.4 is 5.32 Å². The third-order valence-electron chi connectivity index (χ3n) is 5.18. The molecular weight excluding hydrogens is 362 g/mol. The molecule has 0 aliphatic carbocycles. The van der Waals surface area contributed by atoms with Gasteiger partial charge < -0.3 is 14.8 Å². The Labute approximate surface area is 176 Å². The first-order valence-corrected chi connectivity index (χ1v) is 11.2. The minimum atomic E-state index is -0.240. The molecule has 1 aliphatic rings. The van der Waals surface area contributed by atoms with Gasteiger partial charge in [-0.15, -0.1) is 0 Å². The van der Waals surface area contributed by atoms with Crippen LogP contribution in [0.2, 0.25) is 0 Å². The Balaban J connectivity index is 1.58. The molecule has 0 aromatic heterocycles. The molecule has 0 saturated heterocycles. The molecule has 1 heterocycles. The predicted octanol–water partition coefficient (Wildman–Crippen LogP) is 6.99. The molecule has 0 spiro atoms. The van der Waals surface area contributed by atoms with Crippen LogP contribution in [0, 0.1) is 0 Å². The molecule has 1 aromatic rings. The minimum Gasteiger partial charge on any atom is -0.494 e. The van der Waals surface area contributed by atoms with Crippen molar-refractivity contribution < 1.29 is 14.3 Å². The largest absolute Gasteiger partial charge is 0.494 e. The maximum absolute atomic E-state index is 12.1. The van der Waals surface area contributed by atoms with Crippen LogP contribution in [0.25, 0.3) is 0 Å². The first-order chi connectivity index (χ1) is 14.2. The Morgan fingerprint density at radius 2 is 1.69 bits per heavy atom. The molecule has 2 rings (SSSR count). The van der Waals surface area contributed by atoms with Gasteiger partial charge in [0.1, 0.15) is 6.61 Å². The maximum atomic E-state index is 12.1. The average Bonchev–Trinajstić information content (AvgIpc) is 2.75. The monoisotopic (exact) mass is 399 g/mol. The van der Waals surface area contributed by atoms with Crippen molar-refractivity contribution in [3.8, 4) is 0 Å². The Kier molecular flexibility index (Phi) is 11.0. The zero-order valence-corrected chi connectivity index (χ0v) is 18.2. The number of unbranched alkanes of at least 4 members (excludes halogenated alkanes) is 8. The number of carbonyl (C=O) groups excluding carboxylic acids is 1. The van der Waals surface area contributed by atoms with E-state index in [4.69, 9.17) is 9.47 Å². The Morgan fingerprint density at radius 1 is 1.03 bits per heavy atom. The Morgan fingerprint density at radius 3 is 2.31 bits per heavy atom. The first-order valence-electron chi connectivity index (χ1n) is 11.2. The summed E-state index contributed by atoms with van der Waals surface area (Å²) in [6.07, 6.45) is 16.3. The summed E-state index contributed by atoms with van der Waals surface area (Å²) in [6, 6.07) is 7.41. The fraction of sp³-hybridized carbons (Fsp3) is 0.560. The van der Waals surface area contributed by atoms with Gasteiger partial charge >= 0.3 is 5.97 Å². The molecular formula is C25H37NO3. The molecule has 0 amide bonds. The van der Waals surface area contributed by atoms with Gasteiger partial charge in [0.15, 0.2) is 0 Å². The van der Waals surface area contributed by atoms with E-state index >= 15 is 0 Å². The lowest BCUT2D eigenvalue weighted by atomic mass is 10.1. The lowest BCUT2D eigenvalue weighted by Gasteiger charge is -2.15. The number of esters is 1. The highest BCUT2D eigenvalue weighted by Crippen LogP contribution is 2.17. The van der Waals surface area contributed by atoms with Crippen molar-refractivity contribution >= 4 is 11.7 Å². The van der Waals surface area contributed by atoms with Crippen LogP contribution in [0.1, 0.15) is 88.4 Å². The van der Waals surface area contributed by atoms with Gasteiger partial charge in [-0.05, 0) is 55.7 Å². The number of benzene rings is 1. The van der Waals surface area contributed by atoms with Crippen molar-refractivity contribution in [3.63, 3.8) is 0 Å². The van der Waals surface area contributed by atoms with E-state index in [2.05, 4.69) is 18.3 Å². The zero-order valence-electron chi connectivity index (χ0n) is 18.2. The number of rotatable bonds is 13. The molecule has 0 bridgehead atoms. The van der Waals surface area contributed by atoms with Gasteiger partial charge in [0.2, 0.25) is 0 Å². The highest BCUT2D eigenvalue weighted by atomic mass is 16.5. The van der Waals surface area contributed by atoms with Crippen molar-refractivity contribution in [1.29, 1.82) is 0 Å². The maximum Gasteiger partial charge on any atom is 0.338 e. The van der Waals surface area contributed by atoms with Crippen LogP contribution in [0.15, 0.2) is 47.9 Å². The number of allylic oxidation sites excluding steroid dienone is 2. The van der Waals surface area contributed by atoms with Gasteiger partial charge in [0.25, 0.3) is 0 Å². The molecule has 160 valence electrons. The topological polar surface area (TPSA) is 47.6 Å². The van der Waals surface area contributed by atoms with Crippen LogP contribution in [0.5, 0.6) is 0 Å².